The van der Waals surface area contributed by atoms with Gasteiger partial charge in [0.25, 0.3) is 0 Å². The Morgan fingerprint density at radius 1 is 0.543 bits per heavy atom. The standard InChI is InChI=1S/C34H28O/c1-21-9-11-23(12-10-21)26-18-20-28-25(22-13-15-24(16-14-22)34(2,3)4)17-19-29-27-7-5-6-8-30(27)33(35)32(26)31(28)29/h5-20H,1-4H3. The first-order valence-corrected chi connectivity index (χ1v) is 12.2. The van der Waals surface area contributed by atoms with E-state index in [4.69, 9.17) is 0 Å². The van der Waals surface area contributed by atoms with Crippen LogP contribution in [0.1, 0.15) is 47.8 Å². The van der Waals surface area contributed by atoms with Gasteiger partial charge in [-0.2, -0.15) is 0 Å². The lowest BCUT2D eigenvalue weighted by atomic mass is 9.78. The molecule has 0 atom stereocenters. The molecule has 0 saturated heterocycles. The van der Waals surface area contributed by atoms with E-state index in [2.05, 4.69) is 107 Å². The van der Waals surface area contributed by atoms with Gasteiger partial charge in [-0.15, -0.1) is 0 Å². The first kappa shape index (κ1) is 21.6. The Morgan fingerprint density at radius 3 is 1.80 bits per heavy atom. The third kappa shape index (κ3) is 3.42. The Kier molecular flexibility index (Phi) is 4.79. The minimum absolute atomic E-state index is 0.106. The molecule has 0 bridgehead atoms. The van der Waals surface area contributed by atoms with Crippen LogP contribution in [0.5, 0.6) is 0 Å². The lowest BCUT2D eigenvalue weighted by Crippen LogP contribution is -2.12. The third-order valence-corrected chi connectivity index (χ3v) is 7.29. The van der Waals surface area contributed by atoms with Crippen LogP contribution in [0, 0.1) is 6.92 Å². The summed E-state index contributed by atoms with van der Waals surface area (Å²) in [4.78, 5) is 14.0. The first-order chi connectivity index (χ1) is 16.8. The maximum Gasteiger partial charge on any atom is 0.194 e. The maximum absolute atomic E-state index is 14.0. The zero-order chi connectivity index (χ0) is 24.3. The minimum Gasteiger partial charge on any atom is -0.289 e. The quantitative estimate of drug-likeness (QED) is 0.256. The molecule has 0 spiro atoms. The minimum atomic E-state index is 0.106. The monoisotopic (exact) mass is 452 g/mol. The smallest absolute Gasteiger partial charge is 0.194 e. The van der Waals surface area contributed by atoms with Gasteiger partial charge in [-0.05, 0) is 56.7 Å². The largest absolute Gasteiger partial charge is 0.289 e. The van der Waals surface area contributed by atoms with Gasteiger partial charge in [-0.3, -0.25) is 4.79 Å². The number of hydrogen-bond donors (Lipinski definition) is 0. The van der Waals surface area contributed by atoms with Gasteiger partial charge >= 0.3 is 0 Å². The molecule has 0 unspecified atom stereocenters. The molecule has 1 aliphatic carbocycles. The molecule has 0 saturated carbocycles. The van der Waals surface area contributed by atoms with E-state index in [0.29, 0.717) is 0 Å². The normalized spacial score (nSPS) is 12.6. The van der Waals surface area contributed by atoms with Gasteiger partial charge in [0.05, 0.1) is 0 Å². The summed E-state index contributed by atoms with van der Waals surface area (Å²) >= 11 is 0. The number of hydrogen-bond acceptors (Lipinski definition) is 1. The first-order valence-electron chi connectivity index (χ1n) is 12.2. The van der Waals surface area contributed by atoms with E-state index in [1.54, 1.807) is 0 Å². The Balaban J connectivity index is 1.66. The second-order valence-corrected chi connectivity index (χ2v) is 10.6. The van der Waals surface area contributed by atoms with Gasteiger partial charge in [0, 0.05) is 16.5 Å². The van der Waals surface area contributed by atoms with E-state index >= 15 is 0 Å². The van der Waals surface area contributed by atoms with Crippen molar-refractivity contribution >= 4 is 16.6 Å². The van der Waals surface area contributed by atoms with Gasteiger partial charge in [0.2, 0.25) is 0 Å². The Bertz CT molecular complexity index is 1610. The highest BCUT2D eigenvalue weighted by molar-refractivity contribution is 6.29. The summed E-state index contributed by atoms with van der Waals surface area (Å²) < 4.78 is 0. The lowest BCUT2D eigenvalue weighted by Gasteiger charge is -2.24. The molecule has 0 N–H and O–H groups in total. The van der Waals surface area contributed by atoms with Crippen molar-refractivity contribution in [1.29, 1.82) is 0 Å². The van der Waals surface area contributed by atoms with E-state index < -0.39 is 0 Å². The Morgan fingerprint density at radius 2 is 1.11 bits per heavy atom. The summed E-state index contributed by atoms with van der Waals surface area (Å²) in [5.74, 6) is 0.106. The van der Waals surface area contributed by atoms with Crippen LogP contribution in [0.3, 0.4) is 0 Å². The number of carbonyl (C=O) groups excluding carboxylic acids is 1. The van der Waals surface area contributed by atoms with Crippen LogP contribution in [0.4, 0.5) is 0 Å². The Hall–Kier alpha value is -3.97. The van der Waals surface area contributed by atoms with Crippen LogP contribution >= 0.6 is 0 Å². The summed E-state index contributed by atoms with van der Waals surface area (Å²) in [5, 5.41) is 2.18. The topological polar surface area (TPSA) is 17.1 Å². The van der Waals surface area contributed by atoms with E-state index in [0.717, 1.165) is 49.7 Å². The molecule has 0 aliphatic heterocycles. The molecule has 0 heterocycles. The molecule has 1 heteroatoms. The highest BCUT2D eigenvalue weighted by Gasteiger charge is 2.28. The van der Waals surface area contributed by atoms with Crippen LogP contribution < -0.4 is 0 Å². The van der Waals surface area contributed by atoms with Crippen molar-refractivity contribution in [3.63, 3.8) is 0 Å². The van der Waals surface area contributed by atoms with Crippen molar-refractivity contribution in [1.82, 2.24) is 0 Å². The fraction of sp³-hybridized carbons (Fsp3) is 0.147. The summed E-state index contributed by atoms with van der Waals surface area (Å²) in [7, 11) is 0. The SMILES string of the molecule is Cc1ccc(-c2ccc3c(-c4ccc(C(C)(C)C)cc4)ccc4c3c2C(=O)c2ccccc2-4)cc1. The number of aryl methyl sites for hydroxylation is 1. The molecule has 0 aromatic heterocycles. The molecule has 1 nitrogen and oxygen atoms in total. The summed E-state index contributed by atoms with van der Waals surface area (Å²) in [5.41, 5.74) is 10.8. The molecule has 170 valence electrons. The molecule has 6 rings (SSSR count). The van der Waals surface area contributed by atoms with Crippen LogP contribution in [-0.4, -0.2) is 5.78 Å². The number of ketones is 1. The second-order valence-electron chi connectivity index (χ2n) is 10.6. The molecule has 5 aromatic carbocycles. The zero-order valence-corrected chi connectivity index (χ0v) is 20.6. The van der Waals surface area contributed by atoms with Crippen molar-refractivity contribution in [2.24, 2.45) is 0 Å². The summed E-state index contributed by atoms with van der Waals surface area (Å²) in [6, 6.07) is 34.1. The zero-order valence-electron chi connectivity index (χ0n) is 20.6. The fourth-order valence-electron chi connectivity index (χ4n) is 5.33. The van der Waals surface area contributed by atoms with E-state index in [1.807, 2.05) is 18.2 Å². The average molecular weight is 453 g/mol. The molecule has 1 aliphatic rings. The van der Waals surface area contributed by atoms with E-state index in [-0.39, 0.29) is 11.2 Å². The predicted molar refractivity (Wildman–Crippen MR) is 147 cm³/mol. The maximum atomic E-state index is 14.0. The molecule has 0 amide bonds. The van der Waals surface area contributed by atoms with Crippen molar-refractivity contribution in [3.05, 3.63) is 119 Å². The van der Waals surface area contributed by atoms with Gasteiger partial charge in [-0.1, -0.05) is 123 Å². The van der Waals surface area contributed by atoms with Crippen molar-refractivity contribution in [3.8, 4) is 33.4 Å². The van der Waals surface area contributed by atoms with Gasteiger partial charge in [0.1, 0.15) is 0 Å². The van der Waals surface area contributed by atoms with Crippen LogP contribution in [-0.2, 0) is 5.41 Å². The van der Waals surface area contributed by atoms with Crippen molar-refractivity contribution in [2.45, 2.75) is 33.1 Å². The second kappa shape index (κ2) is 7.78. The van der Waals surface area contributed by atoms with E-state index in [1.165, 1.54) is 16.7 Å². The van der Waals surface area contributed by atoms with Crippen LogP contribution in [0.25, 0.3) is 44.2 Å². The third-order valence-electron chi connectivity index (χ3n) is 7.29. The van der Waals surface area contributed by atoms with Crippen LogP contribution in [0.2, 0.25) is 0 Å². The molecule has 35 heavy (non-hydrogen) atoms. The molecule has 5 aromatic rings. The molecular weight excluding hydrogens is 424 g/mol. The van der Waals surface area contributed by atoms with Crippen LogP contribution in [0.15, 0.2) is 97.1 Å². The lowest BCUT2D eigenvalue weighted by molar-refractivity contribution is 0.104. The highest BCUT2D eigenvalue weighted by atomic mass is 16.1. The van der Waals surface area contributed by atoms with E-state index in [9.17, 15) is 4.79 Å². The number of rotatable bonds is 2. The summed E-state index contributed by atoms with van der Waals surface area (Å²) in [6.45, 7) is 8.80. The van der Waals surface area contributed by atoms with Gasteiger partial charge < -0.3 is 0 Å². The average Bonchev–Trinajstić information content (AvgIpc) is 2.87. The predicted octanol–water partition coefficient (Wildman–Crippen LogP) is 8.99. The fourth-order valence-corrected chi connectivity index (χ4v) is 5.33. The summed E-state index contributed by atoms with van der Waals surface area (Å²) in [6.07, 6.45) is 0. The highest BCUT2D eigenvalue weighted by Crippen LogP contribution is 2.46. The molecule has 0 fully saturated rings. The van der Waals surface area contributed by atoms with Gasteiger partial charge in [0.15, 0.2) is 5.78 Å². The van der Waals surface area contributed by atoms with Gasteiger partial charge in [-0.25, -0.2) is 0 Å². The molecule has 0 radical (unpaired) electrons. The van der Waals surface area contributed by atoms with Crippen molar-refractivity contribution < 1.29 is 4.79 Å². The number of carbonyl (C=O) groups is 1. The van der Waals surface area contributed by atoms with Crippen molar-refractivity contribution in [2.75, 3.05) is 0 Å². The number of fused-ring (bicyclic) bond motifs is 2. The molecular formula is C34H28O. The number of benzene rings is 5. The Labute approximate surface area is 207 Å².